The minimum absolute atomic E-state index is 0.0303. The Kier molecular flexibility index (Phi) is 6.85. The molecule has 1 unspecified atom stereocenters. The number of alkyl carbamates (subject to hydrolysis) is 1. The van der Waals surface area contributed by atoms with Crippen LogP contribution >= 0.6 is 0 Å². The van der Waals surface area contributed by atoms with Crippen LogP contribution in [0.1, 0.15) is 33.6 Å². The summed E-state index contributed by atoms with van der Waals surface area (Å²) in [6, 6.07) is -1.15. The lowest BCUT2D eigenvalue weighted by atomic mass is 10.2. The Morgan fingerprint density at radius 1 is 1.44 bits per heavy atom. The van der Waals surface area contributed by atoms with Crippen LogP contribution < -0.4 is 5.32 Å². The van der Waals surface area contributed by atoms with Crippen molar-refractivity contribution >= 4 is 23.1 Å². The minimum atomic E-state index is -2.21. The lowest BCUT2D eigenvalue weighted by molar-refractivity contribution is -0.139. The molecular weight excluding hydrogens is 262 g/mol. The highest BCUT2D eigenvalue weighted by Crippen LogP contribution is 2.07. The summed E-state index contributed by atoms with van der Waals surface area (Å²) in [5.41, 5.74) is -0.719. The molecule has 7 nitrogen and oxygen atoms in total. The number of ether oxygens (including phenoxy) is 1. The fraction of sp³-hybridized carbons (Fsp3) is 0.800. The van der Waals surface area contributed by atoms with Gasteiger partial charge in [-0.3, -0.25) is 4.21 Å². The Balaban J connectivity index is 4.23. The van der Waals surface area contributed by atoms with Crippen LogP contribution in [0.15, 0.2) is 0 Å². The van der Waals surface area contributed by atoms with Crippen molar-refractivity contribution in [2.45, 2.75) is 45.3 Å². The summed E-state index contributed by atoms with van der Waals surface area (Å²) >= 11 is -2.21. The number of aliphatic carboxylic acids is 1. The van der Waals surface area contributed by atoms with Crippen LogP contribution in [-0.4, -0.2) is 43.3 Å². The quantitative estimate of drug-likeness (QED) is 0.689. The van der Waals surface area contributed by atoms with E-state index in [1.807, 2.05) is 0 Å². The molecule has 0 aromatic carbocycles. The van der Waals surface area contributed by atoms with Gasteiger partial charge >= 0.3 is 12.1 Å². The predicted octanol–water partition coefficient (Wildman–Crippen LogP) is 0.624. The summed E-state index contributed by atoms with van der Waals surface area (Å²) < 4.78 is 25.5. The van der Waals surface area contributed by atoms with Crippen LogP contribution in [0.2, 0.25) is 0 Å². The van der Waals surface area contributed by atoms with Gasteiger partial charge in [0, 0.05) is 5.75 Å². The molecular formula is C10H18NO6S-. The summed E-state index contributed by atoms with van der Waals surface area (Å²) in [6.07, 6.45) is -0.649. The van der Waals surface area contributed by atoms with Crippen molar-refractivity contribution in [3.05, 3.63) is 0 Å². The highest BCUT2D eigenvalue weighted by atomic mass is 32.2. The van der Waals surface area contributed by atoms with Gasteiger partial charge in [-0.1, -0.05) is 11.1 Å². The number of carboxylic acid groups (broad SMARTS) is 1. The number of amides is 1. The van der Waals surface area contributed by atoms with E-state index >= 15 is 0 Å². The van der Waals surface area contributed by atoms with E-state index in [0.717, 1.165) is 0 Å². The second-order valence-electron chi connectivity index (χ2n) is 4.69. The Morgan fingerprint density at radius 2 is 2.00 bits per heavy atom. The average Bonchev–Trinajstić information content (AvgIpc) is 2.12. The summed E-state index contributed by atoms with van der Waals surface area (Å²) in [5.74, 6) is -1.36. The molecule has 0 heterocycles. The monoisotopic (exact) mass is 280 g/mol. The SMILES string of the molecule is CC(C)(C)OC(=O)N[C@@H](CCCS(=O)[O-])C(=O)O. The molecule has 0 radical (unpaired) electrons. The van der Waals surface area contributed by atoms with Gasteiger partial charge in [-0.15, -0.1) is 0 Å². The Bertz CT molecular complexity index is 325. The summed E-state index contributed by atoms with van der Waals surface area (Å²) in [7, 11) is 0. The van der Waals surface area contributed by atoms with Crippen molar-refractivity contribution in [2.75, 3.05) is 5.75 Å². The summed E-state index contributed by atoms with van der Waals surface area (Å²) in [5, 5.41) is 11.0. The van der Waals surface area contributed by atoms with E-state index in [0.29, 0.717) is 0 Å². The minimum Gasteiger partial charge on any atom is -0.772 e. The Hall–Kier alpha value is -1.15. The van der Waals surface area contributed by atoms with Crippen molar-refractivity contribution < 1.29 is 28.2 Å². The smallest absolute Gasteiger partial charge is 0.408 e. The van der Waals surface area contributed by atoms with Gasteiger partial charge < -0.3 is 19.7 Å². The van der Waals surface area contributed by atoms with E-state index in [9.17, 15) is 18.4 Å². The van der Waals surface area contributed by atoms with Crippen molar-refractivity contribution in [1.29, 1.82) is 0 Å². The fourth-order valence-electron chi connectivity index (χ4n) is 1.11. The van der Waals surface area contributed by atoms with Crippen LogP contribution in [0.3, 0.4) is 0 Å². The van der Waals surface area contributed by atoms with Crippen molar-refractivity contribution in [3.8, 4) is 0 Å². The van der Waals surface area contributed by atoms with Gasteiger partial charge in [-0.05, 0) is 33.6 Å². The first kappa shape index (κ1) is 16.9. The molecule has 0 aliphatic rings. The van der Waals surface area contributed by atoms with Crippen LogP contribution in [0, 0.1) is 0 Å². The third-order valence-corrected chi connectivity index (χ3v) is 2.41. The van der Waals surface area contributed by atoms with E-state index in [2.05, 4.69) is 5.32 Å². The summed E-state index contributed by atoms with van der Waals surface area (Å²) in [4.78, 5) is 22.2. The van der Waals surface area contributed by atoms with Crippen molar-refractivity contribution in [3.63, 3.8) is 0 Å². The molecule has 2 atom stereocenters. The summed E-state index contributed by atoms with van der Waals surface area (Å²) in [6.45, 7) is 4.97. The van der Waals surface area contributed by atoms with Gasteiger partial charge in [0.2, 0.25) is 0 Å². The number of hydrogen-bond acceptors (Lipinski definition) is 5. The van der Waals surface area contributed by atoms with E-state index in [4.69, 9.17) is 9.84 Å². The fourth-order valence-corrected chi connectivity index (χ4v) is 1.51. The van der Waals surface area contributed by atoms with Crippen LogP contribution in [-0.2, 0) is 20.6 Å². The molecule has 0 rings (SSSR count). The maximum atomic E-state index is 11.4. The lowest BCUT2D eigenvalue weighted by Gasteiger charge is -2.22. The molecule has 0 aliphatic carbocycles. The van der Waals surface area contributed by atoms with Gasteiger partial charge in [0.15, 0.2) is 0 Å². The second-order valence-corrected chi connectivity index (χ2v) is 5.70. The number of rotatable bonds is 6. The first-order chi connectivity index (χ1) is 8.11. The lowest BCUT2D eigenvalue weighted by Crippen LogP contribution is -2.43. The van der Waals surface area contributed by atoms with E-state index in [1.54, 1.807) is 20.8 Å². The molecule has 0 aliphatic heterocycles. The molecule has 8 heteroatoms. The van der Waals surface area contributed by atoms with E-state index < -0.39 is 34.8 Å². The molecule has 106 valence electrons. The first-order valence-corrected chi connectivity index (χ1v) is 6.64. The van der Waals surface area contributed by atoms with Gasteiger partial charge in [-0.2, -0.15) is 0 Å². The highest BCUT2D eigenvalue weighted by Gasteiger charge is 2.23. The van der Waals surface area contributed by atoms with Gasteiger partial charge in [0.25, 0.3) is 0 Å². The van der Waals surface area contributed by atoms with Crippen LogP contribution in [0.4, 0.5) is 4.79 Å². The zero-order chi connectivity index (χ0) is 14.3. The molecule has 0 saturated carbocycles. The molecule has 0 aromatic heterocycles. The number of carboxylic acids is 1. The molecule has 0 spiro atoms. The molecule has 2 N–H and O–H groups in total. The van der Waals surface area contributed by atoms with Crippen molar-refractivity contribution in [1.82, 2.24) is 5.32 Å². The standard InChI is InChI=1S/C10H19NO6S/c1-10(2,3)17-9(14)11-7(8(12)13)5-4-6-18(15)16/h7H,4-6H2,1-3H3,(H,11,14)(H,12,13)(H,15,16)/p-1/t7-/m0/s1. The largest absolute Gasteiger partial charge is 0.772 e. The number of carbonyl (C=O) groups excluding carboxylic acids is 1. The number of nitrogens with one attached hydrogen (secondary N) is 1. The average molecular weight is 280 g/mol. The maximum absolute atomic E-state index is 11.4. The predicted molar refractivity (Wildman–Crippen MR) is 63.8 cm³/mol. The Morgan fingerprint density at radius 3 is 2.39 bits per heavy atom. The molecule has 0 saturated heterocycles. The van der Waals surface area contributed by atoms with Gasteiger partial charge in [-0.25, -0.2) is 9.59 Å². The third kappa shape index (κ3) is 8.94. The second kappa shape index (κ2) is 7.32. The zero-order valence-electron chi connectivity index (χ0n) is 10.6. The van der Waals surface area contributed by atoms with Gasteiger partial charge in [0.05, 0.1) is 0 Å². The normalized spacial score (nSPS) is 14.7. The van der Waals surface area contributed by atoms with Crippen molar-refractivity contribution in [2.24, 2.45) is 0 Å². The van der Waals surface area contributed by atoms with Crippen LogP contribution in [0.5, 0.6) is 0 Å². The number of carbonyl (C=O) groups is 2. The third-order valence-electron chi connectivity index (χ3n) is 1.79. The van der Waals surface area contributed by atoms with E-state index in [1.165, 1.54) is 0 Å². The molecule has 18 heavy (non-hydrogen) atoms. The topological polar surface area (TPSA) is 116 Å². The van der Waals surface area contributed by atoms with E-state index in [-0.39, 0.29) is 18.6 Å². The van der Waals surface area contributed by atoms with Gasteiger partial charge in [0.1, 0.15) is 11.6 Å². The van der Waals surface area contributed by atoms with Crippen LogP contribution in [0.25, 0.3) is 0 Å². The Labute approximate surface area is 108 Å². The first-order valence-electron chi connectivity index (χ1n) is 5.40. The number of hydrogen-bond donors (Lipinski definition) is 2. The maximum Gasteiger partial charge on any atom is 0.408 e. The molecule has 1 amide bonds. The molecule has 0 bridgehead atoms. The zero-order valence-corrected chi connectivity index (χ0v) is 11.4. The molecule has 0 fully saturated rings. The molecule has 0 aromatic rings. The highest BCUT2D eigenvalue weighted by molar-refractivity contribution is 7.79.